The molecule has 1 aromatic carbocycles. The molecule has 2 N–H and O–H groups in total. The van der Waals surface area contributed by atoms with E-state index in [1.165, 1.54) is 15.9 Å². The number of aromatic nitrogens is 5. The summed E-state index contributed by atoms with van der Waals surface area (Å²) in [4.78, 5) is 36.3. The number of rotatable bonds is 6. The van der Waals surface area contributed by atoms with Gasteiger partial charge in [0.05, 0.1) is 29.7 Å². The highest BCUT2D eigenvalue weighted by Crippen LogP contribution is 2.25. The van der Waals surface area contributed by atoms with Gasteiger partial charge in [-0.3, -0.25) is 9.59 Å². The second-order valence-electron chi connectivity index (χ2n) is 8.96. The van der Waals surface area contributed by atoms with Gasteiger partial charge in [0.1, 0.15) is 18.1 Å². The lowest BCUT2D eigenvalue weighted by molar-refractivity contribution is -0.135. The van der Waals surface area contributed by atoms with E-state index in [4.69, 9.17) is 0 Å². The third-order valence-electron chi connectivity index (χ3n) is 6.00. The van der Waals surface area contributed by atoms with Gasteiger partial charge in [-0.25, -0.2) is 14.6 Å². The number of nitrogens with zero attached hydrogens (tertiary/aromatic N) is 6. The van der Waals surface area contributed by atoms with Crippen molar-refractivity contribution in [2.24, 2.45) is 0 Å². The fourth-order valence-electron chi connectivity index (χ4n) is 4.22. The summed E-state index contributed by atoms with van der Waals surface area (Å²) in [6, 6.07) is 8.50. The van der Waals surface area contributed by atoms with E-state index in [1.54, 1.807) is 33.2 Å². The topological polar surface area (TPSA) is 126 Å². The first kappa shape index (κ1) is 24.2. The number of amides is 2. The summed E-state index contributed by atoms with van der Waals surface area (Å²) in [7, 11) is 0. The van der Waals surface area contributed by atoms with E-state index in [0.29, 0.717) is 11.4 Å². The number of likely N-dealkylation sites (tertiary alicyclic amines) is 1. The van der Waals surface area contributed by atoms with Crippen LogP contribution in [0.5, 0.6) is 0 Å². The molecule has 0 bridgehead atoms. The van der Waals surface area contributed by atoms with Crippen molar-refractivity contribution in [2.45, 2.75) is 52.3 Å². The van der Waals surface area contributed by atoms with E-state index in [-0.39, 0.29) is 30.8 Å². The number of aryl methyl sites for hydroxylation is 1. The van der Waals surface area contributed by atoms with Gasteiger partial charge in [-0.1, -0.05) is 29.5 Å². The minimum Gasteiger partial charge on any atom is -0.391 e. The number of hydrogen-bond donors (Lipinski definition) is 2. The molecule has 1 unspecified atom stereocenters. The Morgan fingerprint density at radius 3 is 2.51 bits per heavy atom. The van der Waals surface area contributed by atoms with E-state index >= 15 is 0 Å². The van der Waals surface area contributed by atoms with Crippen molar-refractivity contribution in [1.29, 1.82) is 0 Å². The van der Waals surface area contributed by atoms with Gasteiger partial charge >= 0.3 is 0 Å². The van der Waals surface area contributed by atoms with Crippen molar-refractivity contribution >= 4 is 17.5 Å². The Balaban J connectivity index is 1.49. The van der Waals surface area contributed by atoms with Crippen molar-refractivity contribution in [3.63, 3.8) is 0 Å². The molecule has 4 rings (SSSR count). The molecule has 10 heteroatoms. The molecule has 2 amide bonds. The van der Waals surface area contributed by atoms with Gasteiger partial charge in [-0.05, 0) is 44.9 Å². The van der Waals surface area contributed by atoms with Crippen LogP contribution in [-0.2, 0) is 9.59 Å². The Bertz CT molecular complexity index is 1230. The van der Waals surface area contributed by atoms with E-state index < -0.39 is 12.1 Å². The van der Waals surface area contributed by atoms with E-state index in [9.17, 15) is 14.7 Å². The second kappa shape index (κ2) is 10.1. The number of benzene rings is 1. The number of carbonyl (C=O) groups is 2. The zero-order valence-electron chi connectivity index (χ0n) is 20.2. The van der Waals surface area contributed by atoms with Crippen molar-refractivity contribution in [1.82, 2.24) is 35.2 Å². The lowest BCUT2D eigenvalue weighted by atomic mass is 10.0. The highest BCUT2D eigenvalue weighted by Gasteiger charge is 2.41. The number of hydrogen-bond acceptors (Lipinski definition) is 7. The van der Waals surface area contributed by atoms with Crippen molar-refractivity contribution < 1.29 is 14.7 Å². The zero-order chi connectivity index (χ0) is 25.1. The van der Waals surface area contributed by atoms with Crippen LogP contribution in [0.1, 0.15) is 44.5 Å². The molecule has 0 spiro atoms. The van der Waals surface area contributed by atoms with Crippen molar-refractivity contribution in [3.8, 4) is 11.3 Å². The Kier molecular flexibility index (Phi) is 7.02. The molecule has 182 valence electrons. The first-order valence-electron chi connectivity index (χ1n) is 11.5. The highest BCUT2D eigenvalue weighted by atomic mass is 16.3. The fraction of sp³-hybridized carbons (Fsp3) is 0.360. The number of carbonyl (C=O) groups excluding carboxylic acids is 2. The second-order valence-corrected chi connectivity index (χ2v) is 8.96. The minimum absolute atomic E-state index is 0.0728. The lowest BCUT2D eigenvalue weighted by Crippen LogP contribution is -2.47. The van der Waals surface area contributed by atoms with E-state index in [2.05, 4.69) is 25.6 Å². The monoisotopic (exact) mass is 475 g/mol. The number of nitrogens with one attached hydrogen (secondary N) is 1. The van der Waals surface area contributed by atoms with E-state index in [0.717, 1.165) is 22.4 Å². The van der Waals surface area contributed by atoms with Crippen molar-refractivity contribution in [2.75, 3.05) is 6.54 Å². The molecule has 1 aliphatic heterocycles. The molecule has 0 saturated carbocycles. The van der Waals surface area contributed by atoms with Crippen LogP contribution in [0, 0.1) is 6.92 Å². The molecule has 3 aromatic rings. The quantitative estimate of drug-likeness (QED) is 0.523. The molecule has 3 atom stereocenters. The van der Waals surface area contributed by atoms with Crippen LogP contribution in [0.2, 0.25) is 0 Å². The summed E-state index contributed by atoms with van der Waals surface area (Å²) in [5.74, 6) is -0.682. The lowest BCUT2D eigenvalue weighted by Gasteiger charge is -2.26. The van der Waals surface area contributed by atoms with E-state index in [1.807, 2.05) is 37.3 Å². The van der Waals surface area contributed by atoms with Gasteiger partial charge in [0.15, 0.2) is 0 Å². The Hall–Kier alpha value is -3.92. The summed E-state index contributed by atoms with van der Waals surface area (Å²) in [6.07, 6.45) is 4.23. The van der Waals surface area contributed by atoms with Gasteiger partial charge in [0.25, 0.3) is 5.91 Å². The maximum atomic E-state index is 13.5. The van der Waals surface area contributed by atoms with Gasteiger partial charge in [0.2, 0.25) is 5.91 Å². The summed E-state index contributed by atoms with van der Waals surface area (Å²) >= 11 is 0. The van der Waals surface area contributed by atoms with Gasteiger partial charge in [0, 0.05) is 24.7 Å². The molecule has 0 radical (unpaired) electrons. The fourth-order valence-corrected chi connectivity index (χ4v) is 4.22. The Morgan fingerprint density at radius 1 is 1.17 bits per heavy atom. The zero-order valence-corrected chi connectivity index (χ0v) is 20.2. The predicted molar refractivity (Wildman–Crippen MR) is 129 cm³/mol. The molecule has 1 saturated heterocycles. The standard InChI is InChI=1S/C25H29N7O3/c1-15(2)23(32-12-16(3)29-30-32)25(35)31-13-20(33)11-22(31)24(34)28-17(4)18-5-7-19(8-6-18)21-9-10-26-14-27-21/h5-10,12,14,17,20,22,33H,11,13H2,1-4H3,(H,28,34)/t17-,20?,22-/m0/s1. The third-order valence-corrected chi connectivity index (χ3v) is 6.00. The van der Waals surface area contributed by atoms with Crippen LogP contribution in [0.15, 0.2) is 54.6 Å². The first-order valence-corrected chi connectivity index (χ1v) is 11.5. The average Bonchev–Trinajstić information content (AvgIpc) is 3.45. The third kappa shape index (κ3) is 5.27. The molecule has 1 aliphatic rings. The molecule has 3 heterocycles. The van der Waals surface area contributed by atoms with Crippen LogP contribution < -0.4 is 5.32 Å². The van der Waals surface area contributed by atoms with Crippen LogP contribution in [0.3, 0.4) is 0 Å². The van der Waals surface area contributed by atoms with Gasteiger partial charge in [-0.15, -0.1) is 5.10 Å². The molecule has 10 nitrogen and oxygen atoms in total. The molecule has 2 aromatic heterocycles. The summed E-state index contributed by atoms with van der Waals surface area (Å²) in [6.45, 7) is 7.35. The van der Waals surface area contributed by atoms with Gasteiger partial charge in [-0.2, -0.15) is 0 Å². The van der Waals surface area contributed by atoms with Crippen LogP contribution >= 0.6 is 0 Å². The molecular formula is C25H29N7O3. The predicted octanol–water partition coefficient (Wildman–Crippen LogP) is 2.13. The molecule has 35 heavy (non-hydrogen) atoms. The largest absolute Gasteiger partial charge is 0.391 e. The number of β-amino-alcohol motifs (C(OH)–C–C–N with tert-alkyl or cyclic N) is 1. The first-order chi connectivity index (χ1) is 16.7. The summed E-state index contributed by atoms with van der Waals surface area (Å²) in [5, 5.41) is 21.3. The number of aliphatic hydroxyl groups is 1. The molecular weight excluding hydrogens is 446 g/mol. The molecule has 0 aliphatic carbocycles. The minimum atomic E-state index is -0.792. The Morgan fingerprint density at radius 2 is 1.91 bits per heavy atom. The smallest absolute Gasteiger partial charge is 0.273 e. The maximum Gasteiger partial charge on any atom is 0.273 e. The highest BCUT2D eigenvalue weighted by molar-refractivity contribution is 6.15. The SMILES string of the molecule is CC(C)=C(C(=O)N1CC(O)C[C@H]1C(=O)N[C@@H](C)c1ccc(-c2ccncn2)cc1)n1cc(C)nn1. The van der Waals surface area contributed by atoms with Gasteiger partial charge < -0.3 is 15.3 Å². The Labute approximate surface area is 203 Å². The maximum absolute atomic E-state index is 13.5. The normalized spacial score (nSPS) is 18.3. The van der Waals surface area contributed by atoms with Crippen LogP contribution in [0.4, 0.5) is 0 Å². The summed E-state index contributed by atoms with van der Waals surface area (Å²) in [5.41, 5.74) is 4.41. The average molecular weight is 476 g/mol. The van der Waals surface area contributed by atoms with Crippen LogP contribution in [-0.4, -0.2) is 65.5 Å². The summed E-state index contributed by atoms with van der Waals surface area (Å²) < 4.78 is 1.43. The van der Waals surface area contributed by atoms with Crippen LogP contribution in [0.25, 0.3) is 17.0 Å². The van der Waals surface area contributed by atoms with Crippen molar-refractivity contribution in [3.05, 3.63) is 65.9 Å². The number of aliphatic hydroxyl groups excluding tert-OH is 1. The number of allylic oxidation sites excluding steroid dienone is 1. The molecule has 1 fully saturated rings.